The summed E-state index contributed by atoms with van der Waals surface area (Å²) >= 11 is 0.0173. The van der Waals surface area contributed by atoms with Gasteiger partial charge >= 0.3 is 20.4 Å². The lowest BCUT2D eigenvalue weighted by atomic mass is 10.0. The molecule has 0 atom stereocenters. The summed E-state index contributed by atoms with van der Waals surface area (Å²) in [4.78, 5) is 0. The SMILES string of the molecule is CCc1cc[c]([Mg][CH3])c(C)c1C. The summed E-state index contributed by atoms with van der Waals surface area (Å²) < 4.78 is 1.63. The van der Waals surface area contributed by atoms with Crippen molar-refractivity contribution in [3.63, 3.8) is 0 Å². The zero-order valence-corrected chi connectivity index (χ0v) is 9.98. The molecule has 0 aliphatic heterocycles. The summed E-state index contributed by atoms with van der Waals surface area (Å²) in [6, 6.07) is 4.63. The Balaban J connectivity index is 3.20. The summed E-state index contributed by atoms with van der Waals surface area (Å²) in [6.07, 6.45) is 1.16. The first-order chi connectivity index (χ1) is 5.70. The second kappa shape index (κ2) is 4.29. The first-order valence-corrected chi connectivity index (χ1v) is 6.90. The van der Waals surface area contributed by atoms with Crippen LogP contribution in [0, 0.1) is 13.8 Å². The van der Waals surface area contributed by atoms with Crippen LogP contribution in [0.25, 0.3) is 0 Å². The van der Waals surface area contributed by atoms with Crippen LogP contribution < -0.4 is 3.69 Å². The molecule has 1 aromatic rings. The average molecular weight is 173 g/mol. The Bertz CT molecular complexity index is 248. The van der Waals surface area contributed by atoms with E-state index in [1.807, 2.05) is 0 Å². The van der Waals surface area contributed by atoms with Gasteiger partial charge in [-0.25, -0.2) is 0 Å². The molecule has 0 amide bonds. The molecular weight excluding hydrogens is 156 g/mol. The van der Waals surface area contributed by atoms with Gasteiger partial charge in [0.25, 0.3) is 0 Å². The minimum Gasteiger partial charge on any atom is -0.171 e. The van der Waals surface area contributed by atoms with E-state index in [9.17, 15) is 0 Å². The minimum atomic E-state index is 0.0173. The van der Waals surface area contributed by atoms with E-state index >= 15 is 0 Å². The monoisotopic (exact) mass is 172 g/mol. The zero-order chi connectivity index (χ0) is 9.14. The minimum absolute atomic E-state index is 0.0173. The molecule has 0 aromatic heterocycles. The Labute approximate surface area is 85.1 Å². The molecule has 0 unspecified atom stereocenters. The molecule has 0 saturated heterocycles. The molecule has 0 heterocycles. The van der Waals surface area contributed by atoms with Crippen molar-refractivity contribution in [1.29, 1.82) is 0 Å². The molecule has 62 valence electrons. The number of hydrogen-bond donors (Lipinski definition) is 0. The topological polar surface area (TPSA) is 0 Å². The predicted octanol–water partition coefficient (Wildman–Crippen LogP) is 2.24. The molecule has 0 nitrogen and oxygen atoms in total. The van der Waals surface area contributed by atoms with Crippen LogP contribution in [-0.4, -0.2) is 20.4 Å². The lowest BCUT2D eigenvalue weighted by Crippen LogP contribution is -2.16. The van der Waals surface area contributed by atoms with Crippen molar-refractivity contribution in [1.82, 2.24) is 0 Å². The van der Waals surface area contributed by atoms with Crippen LogP contribution in [0.15, 0.2) is 12.1 Å². The Morgan fingerprint density at radius 3 is 2.33 bits per heavy atom. The molecule has 12 heavy (non-hydrogen) atoms. The third-order valence-electron chi connectivity index (χ3n) is 2.77. The van der Waals surface area contributed by atoms with Crippen LogP contribution in [0.4, 0.5) is 0 Å². The normalized spacial score (nSPS) is 9.67. The van der Waals surface area contributed by atoms with Crippen LogP contribution in [0.3, 0.4) is 0 Å². The van der Waals surface area contributed by atoms with E-state index in [1.165, 1.54) is 11.1 Å². The van der Waals surface area contributed by atoms with Crippen LogP contribution in [0.1, 0.15) is 23.6 Å². The molecular formula is C11H16Mg. The fraction of sp³-hybridized carbons (Fsp3) is 0.455. The van der Waals surface area contributed by atoms with Gasteiger partial charge in [-0.05, 0) is 31.4 Å². The standard InChI is InChI=1S/C10H13.CH3.Mg/c1-4-10-7-5-6-8(2)9(10)3;;/h5,7H,4H2,1-3H3;1H3;. The van der Waals surface area contributed by atoms with E-state index in [1.54, 1.807) is 9.26 Å². The third-order valence-corrected chi connectivity index (χ3v) is 4.30. The molecule has 1 aromatic carbocycles. The molecule has 0 aliphatic carbocycles. The molecule has 0 fully saturated rings. The lowest BCUT2D eigenvalue weighted by molar-refractivity contribution is 1.10. The summed E-state index contributed by atoms with van der Waals surface area (Å²) in [5.41, 5.74) is 4.58. The van der Waals surface area contributed by atoms with Crippen molar-refractivity contribution in [2.75, 3.05) is 0 Å². The number of aryl methyl sites for hydroxylation is 1. The van der Waals surface area contributed by atoms with Gasteiger partial charge in [0.05, 0.1) is 0 Å². The molecule has 1 rings (SSSR count). The van der Waals surface area contributed by atoms with Gasteiger partial charge in [0.15, 0.2) is 0 Å². The van der Waals surface area contributed by atoms with E-state index in [0.29, 0.717) is 0 Å². The Kier molecular flexibility index (Phi) is 3.60. The first kappa shape index (κ1) is 10.1. The maximum Gasteiger partial charge on any atom is 0.405 e. The predicted molar refractivity (Wildman–Crippen MR) is 56.5 cm³/mol. The highest BCUT2D eigenvalue weighted by molar-refractivity contribution is 6.52. The molecule has 0 aliphatic rings. The highest BCUT2D eigenvalue weighted by Crippen LogP contribution is 2.11. The van der Waals surface area contributed by atoms with Crippen LogP contribution in [0.5, 0.6) is 0 Å². The van der Waals surface area contributed by atoms with E-state index in [-0.39, 0.29) is 20.4 Å². The number of benzene rings is 1. The number of rotatable bonds is 2. The Hall–Kier alpha value is -0.0138. The molecule has 0 saturated carbocycles. The average Bonchev–Trinajstić information content (AvgIpc) is 2.10. The smallest absolute Gasteiger partial charge is 0.171 e. The van der Waals surface area contributed by atoms with Crippen molar-refractivity contribution in [3.05, 3.63) is 28.8 Å². The van der Waals surface area contributed by atoms with Gasteiger partial charge in [0.2, 0.25) is 0 Å². The van der Waals surface area contributed by atoms with Gasteiger partial charge in [-0.3, -0.25) is 0 Å². The quantitative estimate of drug-likeness (QED) is 0.601. The van der Waals surface area contributed by atoms with E-state index in [0.717, 1.165) is 6.42 Å². The van der Waals surface area contributed by atoms with Gasteiger partial charge in [0.1, 0.15) is 0 Å². The van der Waals surface area contributed by atoms with Gasteiger partial charge in [-0.2, -0.15) is 3.69 Å². The van der Waals surface area contributed by atoms with Crippen molar-refractivity contribution < 1.29 is 0 Å². The van der Waals surface area contributed by atoms with Gasteiger partial charge in [-0.15, -0.1) is 5.05 Å². The molecule has 0 spiro atoms. The fourth-order valence-corrected chi connectivity index (χ4v) is 2.85. The first-order valence-electron chi connectivity index (χ1n) is 4.78. The maximum absolute atomic E-state index is 2.35. The van der Waals surface area contributed by atoms with Crippen molar-refractivity contribution in [2.24, 2.45) is 0 Å². The summed E-state index contributed by atoms with van der Waals surface area (Å²) in [5.74, 6) is 0. The van der Waals surface area contributed by atoms with Crippen molar-refractivity contribution in [3.8, 4) is 0 Å². The van der Waals surface area contributed by atoms with E-state index < -0.39 is 0 Å². The second-order valence-corrected chi connectivity index (χ2v) is 4.81. The van der Waals surface area contributed by atoms with Crippen LogP contribution in [-0.2, 0) is 6.42 Å². The summed E-state index contributed by atoms with van der Waals surface area (Å²) in [5, 5.41) is 2.35. The summed E-state index contributed by atoms with van der Waals surface area (Å²) in [7, 11) is 0. The highest BCUT2D eigenvalue weighted by Gasteiger charge is 2.03. The lowest BCUT2D eigenvalue weighted by Gasteiger charge is -2.11. The third kappa shape index (κ3) is 1.83. The summed E-state index contributed by atoms with van der Waals surface area (Å²) in [6.45, 7) is 6.74. The number of hydrogen-bond acceptors (Lipinski definition) is 0. The van der Waals surface area contributed by atoms with Crippen LogP contribution in [0.2, 0.25) is 5.05 Å². The van der Waals surface area contributed by atoms with Gasteiger partial charge in [0, 0.05) is 0 Å². The van der Waals surface area contributed by atoms with Gasteiger partial charge in [-0.1, -0.05) is 24.6 Å². The molecule has 0 bridgehead atoms. The zero-order valence-electron chi connectivity index (χ0n) is 8.57. The van der Waals surface area contributed by atoms with Crippen molar-refractivity contribution >= 4 is 24.1 Å². The fourth-order valence-electron chi connectivity index (χ4n) is 1.70. The van der Waals surface area contributed by atoms with Gasteiger partial charge < -0.3 is 0 Å². The molecule has 1 heteroatoms. The van der Waals surface area contributed by atoms with E-state index in [2.05, 4.69) is 38.0 Å². The highest BCUT2D eigenvalue weighted by atomic mass is 24.5. The Morgan fingerprint density at radius 2 is 1.83 bits per heavy atom. The molecule has 0 radical (unpaired) electrons. The molecule has 0 N–H and O–H groups in total. The second-order valence-electron chi connectivity index (χ2n) is 3.34. The van der Waals surface area contributed by atoms with Crippen molar-refractivity contribution in [2.45, 2.75) is 32.2 Å². The maximum atomic E-state index is 2.35. The largest absolute Gasteiger partial charge is 0.405 e. The Morgan fingerprint density at radius 1 is 1.17 bits per heavy atom. The van der Waals surface area contributed by atoms with E-state index in [4.69, 9.17) is 0 Å². The van der Waals surface area contributed by atoms with Crippen LogP contribution >= 0.6 is 0 Å².